The van der Waals surface area contributed by atoms with Gasteiger partial charge in [-0.05, 0) is 50.9 Å². The van der Waals surface area contributed by atoms with Crippen LogP contribution >= 0.6 is 11.8 Å². The zero-order valence-electron chi connectivity index (χ0n) is 10.3. The number of nitrogens with one attached hydrogen (secondary N) is 1. The van der Waals surface area contributed by atoms with E-state index < -0.39 is 0 Å². The molecule has 0 aromatic rings. The topological polar surface area (TPSA) is 15.3 Å². The lowest BCUT2D eigenvalue weighted by molar-refractivity contribution is 0.146. The molecule has 0 aromatic heterocycles. The quantitative estimate of drug-likeness (QED) is 0.675. The molecule has 1 aliphatic rings. The minimum absolute atomic E-state index is 0.806. The van der Waals surface area contributed by atoms with E-state index in [2.05, 4.69) is 23.4 Å². The summed E-state index contributed by atoms with van der Waals surface area (Å²) < 4.78 is 0. The summed E-state index contributed by atoms with van der Waals surface area (Å²) in [7, 11) is 0. The minimum Gasteiger partial charge on any atom is -0.315 e. The van der Waals surface area contributed by atoms with E-state index in [0.29, 0.717) is 0 Å². The summed E-state index contributed by atoms with van der Waals surface area (Å²) >= 11 is 1.97. The molecule has 0 amide bonds. The zero-order chi connectivity index (χ0) is 10.9. The molecule has 15 heavy (non-hydrogen) atoms. The standard InChI is InChI=1S/C12H26N2S/c1-3-13-11-12-7-4-5-8-14(12)9-6-10-15-2/h12-13H,3-11H2,1-2H3. The first-order valence-electron chi connectivity index (χ1n) is 6.32. The van der Waals surface area contributed by atoms with Gasteiger partial charge in [-0.25, -0.2) is 0 Å². The van der Waals surface area contributed by atoms with Crippen molar-refractivity contribution in [3.63, 3.8) is 0 Å². The smallest absolute Gasteiger partial charge is 0.0220 e. The lowest BCUT2D eigenvalue weighted by Gasteiger charge is -2.35. The average molecular weight is 230 g/mol. The summed E-state index contributed by atoms with van der Waals surface area (Å²) in [4.78, 5) is 2.70. The summed E-state index contributed by atoms with van der Waals surface area (Å²) in [6, 6.07) is 0.806. The second-order valence-electron chi connectivity index (χ2n) is 4.34. The van der Waals surface area contributed by atoms with Crippen molar-refractivity contribution >= 4 is 11.8 Å². The van der Waals surface area contributed by atoms with Crippen molar-refractivity contribution in [1.29, 1.82) is 0 Å². The van der Waals surface area contributed by atoms with Crippen LogP contribution in [0.25, 0.3) is 0 Å². The number of hydrogen-bond acceptors (Lipinski definition) is 3. The highest BCUT2D eigenvalue weighted by molar-refractivity contribution is 7.98. The van der Waals surface area contributed by atoms with E-state index in [1.807, 2.05) is 11.8 Å². The van der Waals surface area contributed by atoms with Gasteiger partial charge in [0.2, 0.25) is 0 Å². The summed E-state index contributed by atoms with van der Waals surface area (Å²) in [6.07, 6.45) is 7.78. The molecule has 0 radical (unpaired) electrons. The molecule has 1 heterocycles. The highest BCUT2D eigenvalue weighted by Crippen LogP contribution is 2.16. The molecule has 0 aliphatic carbocycles. The van der Waals surface area contributed by atoms with Crippen molar-refractivity contribution in [2.45, 2.75) is 38.6 Å². The average Bonchev–Trinajstić information content (AvgIpc) is 2.28. The van der Waals surface area contributed by atoms with Crippen molar-refractivity contribution in [2.24, 2.45) is 0 Å². The number of likely N-dealkylation sites (N-methyl/N-ethyl adjacent to an activating group) is 1. The fraction of sp³-hybridized carbons (Fsp3) is 1.00. The first-order chi connectivity index (χ1) is 7.38. The number of piperidine rings is 1. The molecule has 1 atom stereocenters. The molecule has 0 saturated carbocycles. The molecule has 1 aliphatic heterocycles. The van der Waals surface area contributed by atoms with Crippen LogP contribution < -0.4 is 5.32 Å². The molecule has 0 bridgehead atoms. The molecule has 3 heteroatoms. The van der Waals surface area contributed by atoms with Crippen molar-refractivity contribution in [3.8, 4) is 0 Å². The molecule has 1 unspecified atom stereocenters. The van der Waals surface area contributed by atoms with Gasteiger partial charge < -0.3 is 5.32 Å². The number of nitrogens with zero attached hydrogens (tertiary/aromatic N) is 1. The van der Waals surface area contributed by atoms with Crippen LogP contribution in [0.5, 0.6) is 0 Å². The van der Waals surface area contributed by atoms with E-state index in [1.54, 1.807) is 0 Å². The van der Waals surface area contributed by atoms with E-state index in [4.69, 9.17) is 0 Å². The van der Waals surface area contributed by atoms with Crippen molar-refractivity contribution in [1.82, 2.24) is 10.2 Å². The molecular formula is C12H26N2S. The Morgan fingerprint density at radius 1 is 1.40 bits per heavy atom. The van der Waals surface area contributed by atoms with Gasteiger partial charge in [0.05, 0.1) is 0 Å². The second kappa shape index (κ2) is 8.43. The van der Waals surface area contributed by atoms with Crippen LogP contribution in [-0.2, 0) is 0 Å². The molecule has 2 nitrogen and oxygen atoms in total. The third-order valence-corrected chi connectivity index (χ3v) is 3.87. The number of likely N-dealkylation sites (tertiary alicyclic amines) is 1. The molecule has 0 aromatic carbocycles. The van der Waals surface area contributed by atoms with Gasteiger partial charge in [-0.15, -0.1) is 0 Å². The van der Waals surface area contributed by atoms with Crippen LogP contribution in [-0.4, -0.2) is 49.1 Å². The largest absolute Gasteiger partial charge is 0.315 e. The maximum Gasteiger partial charge on any atom is 0.0220 e. The minimum atomic E-state index is 0.806. The van der Waals surface area contributed by atoms with Gasteiger partial charge >= 0.3 is 0 Å². The zero-order valence-corrected chi connectivity index (χ0v) is 11.1. The van der Waals surface area contributed by atoms with Crippen molar-refractivity contribution in [2.75, 3.05) is 38.2 Å². The molecule has 1 N–H and O–H groups in total. The van der Waals surface area contributed by atoms with Gasteiger partial charge in [-0.2, -0.15) is 11.8 Å². The van der Waals surface area contributed by atoms with Crippen LogP contribution in [0.1, 0.15) is 32.6 Å². The van der Waals surface area contributed by atoms with Crippen LogP contribution in [0.2, 0.25) is 0 Å². The molecular weight excluding hydrogens is 204 g/mol. The maximum absolute atomic E-state index is 3.49. The Morgan fingerprint density at radius 3 is 3.00 bits per heavy atom. The van der Waals surface area contributed by atoms with Crippen LogP contribution in [0.15, 0.2) is 0 Å². The first kappa shape index (κ1) is 13.3. The van der Waals surface area contributed by atoms with Gasteiger partial charge in [0, 0.05) is 12.6 Å². The van der Waals surface area contributed by atoms with E-state index >= 15 is 0 Å². The number of thioether (sulfide) groups is 1. The Bertz CT molecular complexity index is 153. The summed E-state index contributed by atoms with van der Waals surface area (Å²) in [5, 5.41) is 3.49. The van der Waals surface area contributed by atoms with Gasteiger partial charge in [0.15, 0.2) is 0 Å². The molecule has 0 spiro atoms. The highest BCUT2D eigenvalue weighted by atomic mass is 32.2. The lowest BCUT2D eigenvalue weighted by Crippen LogP contribution is -2.45. The normalized spacial score (nSPS) is 23.2. The molecule has 1 rings (SSSR count). The van der Waals surface area contributed by atoms with Crippen LogP contribution in [0.3, 0.4) is 0 Å². The SMILES string of the molecule is CCNCC1CCCCN1CCCSC. The second-order valence-corrected chi connectivity index (χ2v) is 5.33. The van der Waals surface area contributed by atoms with Gasteiger partial charge in [0.25, 0.3) is 0 Å². The Morgan fingerprint density at radius 2 is 2.27 bits per heavy atom. The van der Waals surface area contributed by atoms with Crippen LogP contribution in [0.4, 0.5) is 0 Å². The fourth-order valence-corrected chi connectivity index (χ4v) is 2.73. The number of hydrogen-bond donors (Lipinski definition) is 1. The predicted octanol–water partition coefficient (Wildman–Crippen LogP) is 2.20. The Labute approximate surface area is 99.2 Å². The van der Waals surface area contributed by atoms with E-state index in [1.165, 1.54) is 51.1 Å². The Kier molecular flexibility index (Phi) is 7.49. The van der Waals surface area contributed by atoms with Gasteiger partial charge in [-0.3, -0.25) is 4.90 Å². The third kappa shape index (κ3) is 5.23. The van der Waals surface area contributed by atoms with Crippen molar-refractivity contribution in [3.05, 3.63) is 0 Å². The van der Waals surface area contributed by atoms with Crippen LogP contribution in [0, 0.1) is 0 Å². The van der Waals surface area contributed by atoms with E-state index in [9.17, 15) is 0 Å². The molecule has 1 fully saturated rings. The summed E-state index contributed by atoms with van der Waals surface area (Å²) in [5.41, 5.74) is 0. The van der Waals surface area contributed by atoms with Crippen molar-refractivity contribution < 1.29 is 0 Å². The predicted molar refractivity (Wildman–Crippen MR) is 70.8 cm³/mol. The highest BCUT2D eigenvalue weighted by Gasteiger charge is 2.20. The van der Waals surface area contributed by atoms with Gasteiger partial charge in [-0.1, -0.05) is 13.3 Å². The Hall–Kier alpha value is 0.270. The van der Waals surface area contributed by atoms with E-state index in [0.717, 1.165) is 12.6 Å². The molecule has 90 valence electrons. The van der Waals surface area contributed by atoms with E-state index in [-0.39, 0.29) is 0 Å². The monoisotopic (exact) mass is 230 g/mol. The first-order valence-corrected chi connectivity index (χ1v) is 7.71. The number of rotatable bonds is 7. The fourth-order valence-electron chi connectivity index (χ4n) is 2.31. The Balaban J connectivity index is 2.22. The third-order valence-electron chi connectivity index (χ3n) is 3.17. The maximum atomic E-state index is 3.49. The lowest BCUT2D eigenvalue weighted by atomic mass is 10.0. The van der Waals surface area contributed by atoms with Gasteiger partial charge in [0.1, 0.15) is 0 Å². The summed E-state index contributed by atoms with van der Waals surface area (Å²) in [5.74, 6) is 1.31. The molecule has 1 saturated heterocycles. The summed E-state index contributed by atoms with van der Waals surface area (Å²) in [6.45, 7) is 7.12.